The van der Waals surface area contributed by atoms with Crippen LogP contribution in [-0.2, 0) is 0 Å². The van der Waals surface area contributed by atoms with Gasteiger partial charge in [-0.1, -0.05) is 218 Å². The maximum absolute atomic E-state index is 10.00. The molecule has 0 spiro atoms. The van der Waals surface area contributed by atoms with Crippen molar-refractivity contribution < 1.29 is 11.0 Å². The van der Waals surface area contributed by atoms with Gasteiger partial charge >= 0.3 is 0 Å². The maximum Gasteiger partial charge on any atom is 0.0651 e. The van der Waals surface area contributed by atoms with Crippen molar-refractivity contribution in [2.24, 2.45) is 0 Å². The molecule has 0 saturated carbocycles. The van der Waals surface area contributed by atoms with Crippen LogP contribution in [0.4, 0.5) is 17.1 Å². The molecule has 296 valence electrons. The van der Waals surface area contributed by atoms with Crippen LogP contribution in [0.1, 0.15) is 11.0 Å². The Hall–Kier alpha value is -8.26. The van der Waals surface area contributed by atoms with Crippen LogP contribution in [-0.4, -0.2) is 0 Å². The molecule has 0 fully saturated rings. The van der Waals surface area contributed by atoms with Gasteiger partial charge in [-0.25, -0.2) is 0 Å². The van der Waals surface area contributed by atoms with Gasteiger partial charge in [-0.2, -0.15) is 0 Å². The van der Waals surface area contributed by atoms with Gasteiger partial charge in [0, 0.05) is 17.1 Å². The highest BCUT2D eigenvalue weighted by molar-refractivity contribution is 6.04. The van der Waals surface area contributed by atoms with Crippen LogP contribution in [0.2, 0.25) is 0 Å². The highest BCUT2D eigenvalue weighted by Gasteiger charge is 2.18. The van der Waals surface area contributed by atoms with Crippen molar-refractivity contribution >= 4 is 38.6 Å². The lowest BCUT2D eigenvalue weighted by atomic mass is 9.89. The van der Waals surface area contributed by atoms with Crippen molar-refractivity contribution in [2.45, 2.75) is 0 Å². The Balaban J connectivity index is 1.15. The molecule has 1 nitrogen and oxygen atoms in total. The first kappa shape index (κ1) is 29.9. The van der Waals surface area contributed by atoms with E-state index in [2.05, 4.69) is 36.4 Å². The molecule has 1 heteroatoms. The maximum atomic E-state index is 10.00. The second-order valence-corrected chi connectivity index (χ2v) is 15.4. The number of nitrogens with zero attached hydrogens (tertiary/aromatic N) is 1. The summed E-state index contributed by atoms with van der Waals surface area (Å²) in [5, 5.41) is 3.71. The highest BCUT2D eigenvalue weighted by Crippen LogP contribution is 2.43. The van der Waals surface area contributed by atoms with E-state index < -0.39 is 24.2 Å². The Labute approximate surface area is 380 Å². The normalized spacial score (nSPS) is 13.0. The summed E-state index contributed by atoms with van der Waals surface area (Å²) >= 11 is 0. The van der Waals surface area contributed by atoms with E-state index in [1.807, 2.05) is 158 Å². The Kier molecular flexibility index (Phi) is 7.90. The standard InChI is InChI=1S/C62H43N/c1-4-16-45(17-5-1)58-40-35-51(43-61(58)48-20-8-3-9-21-48)44-30-36-53(37-31-44)63(55-26-14-25-52(42-55)57-29-15-24-46-22-10-12-27-56(46)57)54-38-32-50(33-39-54)62-59-28-13-11-23-49(59)34-41-60(62)47-18-6-2-7-19-47/h1-43H/i14D,25D,26D,30D,31D,36D,37D,42D. The number of fused-ring (bicyclic) bond motifs is 2. The molecule has 0 aromatic heterocycles. The molecule has 63 heavy (non-hydrogen) atoms. The Bertz CT molecular complexity index is 3810. The van der Waals surface area contributed by atoms with Crippen molar-refractivity contribution in [2.75, 3.05) is 4.90 Å². The van der Waals surface area contributed by atoms with Gasteiger partial charge in [0.2, 0.25) is 0 Å². The van der Waals surface area contributed by atoms with E-state index in [4.69, 9.17) is 0 Å². The van der Waals surface area contributed by atoms with Gasteiger partial charge in [0.1, 0.15) is 0 Å². The molecule has 11 rings (SSSR count). The first-order valence-corrected chi connectivity index (χ1v) is 21.0. The van der Waals surface area contributed by atoms with E-state index in [0.717, 1.165) is 66.1 Å². The monoisotopic (exact) mass is 809 g/mol. The zero-order valence-corrected chi connectivity index (χ0v) is 34.2. The smallest absolute Gasteiger partial charge is 0.0651 e. The summed E-state index contributed by atoms with van der Waals surface area (Å²) in [7, 11) is 0. The van der Waals surface area contributed by atoms with Gasteiger partial charge in [0.25, 0.3) is 0 Å². The molecular weight excluding hydrogens is 759 g/mol. The average molecular weight is 810 g/mol. The Morgan fingerprint density at radius 1 is 0.286 bits per heavy atom. The number of anilines is 3. The van der Waals surface area contributed by atoms with E-state index in [-0.39, 0.29) is 46.7 Å². The topological polar surface area (TPSA) is 3.24 Å². The fourth-order valence-corrected chi connectivity index (χ4v) is 8.60. The summed E-state index contributed by atoms with van der Waals surface area (Å²) in [5.74, 6) is 0. The summed E-state index contributed by atoms with van der Waals surface area (Å²) in [6, 6.07) is 65.8. The van der Waals surface area contributed by atoms with Crippen molar-refractivity contribution in [3.8, 4) is 66.8 Å². The predicted octanol–water partition coefficient (Wildman–Crippen LogP) is 17.5. The minimum Gasteiger partial charge on any atom is -0.310 e. The minimum atomic E-state index is -0.460. The molecule has 0 unspecified atom stereocenters. The number of benzene rings is 11. The fraction of sp³-hybridized carbons (Fsp3) is 0. The zero-order valence-electron chi connectivity index (χ0n) is 42.2. The van der Waals surface area contributed by atoms with Gasteiger partial charge < -0.3 is 4.90 Å². The van der Waals surface area contributed by atoms with Crippen molar-refractivity contribution in [1.82, 2.24) is 0 Å². The molecular formula is C62H43N. The molecule has 0 heterocycles. The molecule has 0 radical (unpaired) electrons. The van der Waals surface area contributed by atoms with E-state index in [0.29, 0.717) is 16.8 Å². The van der Waals surface area contributed by atoms with Gasteiger partial charge in [-0.05, 0) is 131 Å². The van der Waals surface area contributed by atoms with E-state index in [1.54, 1.807) is 18.2 Å². The molecule has 0 aliphatic rings. The van der Waals surface area contributed by atoms with Crippen LogP contribution in [0, 0.1) is 0 Å². The van der Waals surface area contributed by atoms with Crippen LogP contribution < -0.4 is 4.90 Å². The van der Waals surface area contributed by atoms with E-state index in [9.17, 15) is 11.0 Å². The van der Waals surface area contributed by atoms with Crippen molar-refractivity contribution in [1.29, 1.82) is 0 Å². The molecule has 0 N–H and O–H groups in total. The van der Waals surface area contributed by atoms with Crippen LogP contribution >= 0.6 is 0 Å². The highest BCUT2D eigenvalue weighted by atomic mass is 15.1. The Morgan fingerprint density at radius 2 is 0.841 bits per heavy atom. The second kappa shape index (κ2) is 16.7. The lowest BCUT2D eigenvalue weighted by Gasteiger charge is -2.27. The first-order valence-electron chi connectivity index (χ1n) is 25.0. The molecule has 0 amide bonds. The van der Waals surface area contributed by atoms with Crippen LogP contribution in [0.25, 0.3) is 88.3 Å². The summed E-state index contributed by atoms with van der Waals surface area (Å²) in [4.78, 5) is 1.42. The third-order valence-electron chi connectivity index (χ3n) is 11.6. The quantitative estimate of drug-likeness (QED) is 0.140. The molecule has 11 aromatic rings. The molecule has 0 saturated heterocycles. The van der Waals surface area contributed by atoms with Gasteiger partial charge in [-0.15, -0.1) is 0 Å². The average Bonchev–Trinajstić information content (AvgIpc) is 3.42. The Morgan fingerprint density at radius 3 is 1.54 bits per heavy atom. The van der Waals surface area contributed by atoms with Gasteiger partial charge in [0.05, 0.1) is 11.0 Å². The summed E-state index contributed by atoms with van der Waals surface area (Å²) in [5.41, 5.74) is 8.82. The predicted molar refractivity (Wildman–Crippen MR) is 269 cm³/mol. The molecule has 0 aliphatic heterocycles. The van der Waals surface area contributed by atoms with Crippen LogP contribution in [0.15, 0.2) is 261 Å². The molecule has 11 aromatic carbocycles. The third kappa shape index (κ3) is 7.37. The molecule has 0 atom stereocenters. The van der Waals surface area contributed by atoms with Crippen LogP contribution in [0.5, 0.6) is 0 Å². The lowest BCUT2D eigenvalue weighted by Crippen LogP contribution is -2.10. The van der Waals surface area contributed by atoms with E-state index in [1.165, 1.54) is 4.90 Å². The van der Waals surface area contributed by atoms with Gasteiger partial charge in [-0.3, -0.25) is 0 Å². The number of hydrogen-bond acceptors (Lipinski definition) is 1. The van der Waals surface area contributed by atoms with Crippen molar-refractivity contribution in [3.05, 3.63) is 261 Å². The zero-order chi connectivity index (χ0) is 48.9. The summed E-state index contributed by atoms with van der Waals surface area (Å²) in [6.07, 6.45) is 0. The lowest BCUT2D eigenvalue weighted by molar-refractivity contribution is 1.28. The SMILES string of the molecule is [2H]c1c([2H])c(-c2cccc3ccccc23)c([2H])c(N(c2ccc(-c3c(-c4ccccc4)ccc4ccccc34)cc2)c2c([2H])c([2H])c(-c3ccc(-c4ccccc4)c(-c4ccccc4)c3)c([2H])c2[2H])c1[2H]. The number of hydrogen-bond donors (Lipinski definition) is 0. The van der Waals surface area contributed by atoms with Crippen molar-refractivity contribution in [3.63, 3.8) is 0 Å². The summed E-state index contributed by atoms with van der Waals surface area (Å²) in [6.45, 7) is 0. The third-order valence-corrected chi connectivity index (χ3v) is 11.6. The fourth-order valence-electron chi connectivity index (χ4n) is 8.60. The molecule has 0 aliphatic carbocycles. The van der Waals surface area contributed by atoms with Crippen LogP contribution in [0.3, 0.4) is 0 Å². The second-order valence-electron chi connectivity index (χ2n) is 15.4. The van der Waals surface area contributed by atoms with E-state index >= 15 is 0 Å². The molecule has 0 bridgehead atoms. The minimum absolute atomic E-state index is 0.0940. The summed E-state index contributed by atoms with van der Waals surface area (Å²) < 4.78 is 77.3. The number of rotatable bonds is 9. The van der Waals surface area contributed by atoms with Gasteiger partial charge in [0.15, 0.2) is 0 Å². The largest absolute Gasteiger partial charge is 0.310 e. The first-order chi connectivity index (χ1) is 34.6.